The fourth-order valence-electron chi connectivity index (χ4n) is 2.69. The third-order valence-corrected chi connectivity index (χ3v) is 4.30. The molecule has 128 valence electrons. The zero-order valence-electron chi connectivity index (χ0n) is 13.8. The fraction of sp³-hybridized carbons (Fsp3) is 0.438. The van der Waals surface area contributed by atoms with Crippen molar-refractivity contribution in [3.63, 3.8) is 0 Å². The van der Waals surface area contributed by atoms with E-state index in [0.29, 0.717) is 18.1 Å². The van der Waals surface area contributed by atoms with E-state index in [1.807, 2.05) is 30.9 Å². The van der Waals surface area contributed by atoms with Gasteiger partial charge in [0, 0.05) is 44.3 Å². The van der Waals surface area contributed by atoms with E-state index in [1.165, 1.54) is 0 Å². The number of urea groups is 1. The zero-order valence-corrected chi connectivity index (χ0v) is 14.5. The first-order valence-corrected chi connectivity index (χ1v) is 8.34. The van der Waals surface area contributed by atoms with E-state index < -0.39 is 0 Å². The number of aromatic amines is 1. The first kappa shape index (κ1) is 16.6. The number of nitrogens with one attached hydrogen (secondary N) is 2. The number of rotatable bonds is 3. The highest BCUT2D eigenvalue weighted by Gasteiger charge is 2.23. The lowest BCUT2D eigenvalue weighted by Crippen LogP contribution is -2.52. The molecule has 0 aliphatic carbocycles. The Balaban J connectivity index is 1.52. The molecular formula is C16H21ClN6O. The van der Waals surface area contributed by atoms with Crippen molar-refractivity contribution in [1.29, 1.82) is 0 Å². The van der Waals surface area contributed by atoms with E-state index in [9.17, 15) is 4.79 Å². The van der Waals surface area contributed by atoms with Gasteiger partial charge >= 0.3 is 6.03 Å². The molecule has 0 aromatic carbocycles. The molecule has 0 unspecified atom stereocenters. The number of pyridine rings is 1. The highest BCUT2D eigenvalue weighted by molar-refractivity contribution is 6.30. The van der Waals surface area contributed by atoms with E-state index in [0.717, 1.165) is 30.4 Å². The lowest BCUT2D eigenvalue weighted by atomic mass is 10.3. The molecule has 3 rings (SSSR count). The molecule has 2 aromatic heterocycles. The van der Waals surface area contributed by atoms with E-state index >= 15 is 0 Å². The molecule has 0 spiro atoms. The summed E-state index contributed by atoms with van der Waals surface area (Å²) in [6.07, 6.45) is 3.40. The summed E-state index contributed by atoms with van der Waals surface area (Å²) in [6, 6.07) is 3.51. The number of nitrogens with zero attached hydrogens (tertiary/aromatic N) is 4. The van der Waals surface area contributed by atoms with Crippen molar-refractivity contribution in [3.8, 4) is 0 Å². The Morgan fingerprint density at radius 2 is 2.00 bits per heavy atom. The first-order valence-electron chi connectivity index (χ1n) is 7.96. The lowest BCUT2D eigenvalue weighted by molar-refractivity contribution is 0.190. The smallest absolute Gasteiger partial charge is 0.318 e. The summed E-state index contributed by atoms with van der Waals surface area (Å²) in [7, 11) is 0. The highest BCUT2D eigenvalue weighted by atomic mass is 35.5. The third kappa shape index (κ3) is 3.79. The van der Waals surface area contributed by atoms with E-state index in [1.54, 1.807) is 12.4 Å². The summed E-state index contributed by atoms with van der Waals surface area (Å²) in [5.74, 6) is 1.66. The van der Waals surface area contributed by atoms with E-state index in [2.05, 4.69) is 25.2 Å². The molecule has 1 aliphatic heterocycles. The minimum absolute atomic E-state index is 0.0692. The van der Waals surface area contributed by atoms with Crippen molar-refractivity contribution in [2.24, 2.45) is 0 Å². The summed E-state index contributed by atoms with van der Waals surface area (Å²) >= 11 is 5.87. The van der Waals surface area contributed by atoms with Gasteiger partial charge in [0.2, 0.25) is 0 Å². The van der Waals surface area contributed by atoms with Crippen LogP contribution in [0.3, 0.4) is 0 Å². The van der Waals surface area contributed by atoms with Gasteiger partial charge in [-0.2, -0.15) is 0 Å². The summed E-state index contributed by atoms with van der Waals surface area (Å²) < 4.78 is 0. The van der Waals surface area contributed by atoms with Crippen LogP contribution < -0.4 is 10.2 Å². The second-order valence-corrected chi connectivity index (χ2v) is 6.37. The number of halogens is 1. The van der Waals surface area contributed by atoms with Crippen molar-refractivity contribution in [2.45, 2.75) is 19.9 Å². The lowest BCUT2D eigenvalue weighted by Gasteiger charge is -2.35. The van der Waals surface area contributed by atoms with Gasteiger partial charge in [-0.25, -0.2) is 14.8 Å². The summed E-state index contributed by atoms with van der Waals surface area (Å²) in [5, 5.41) is 3.61. The number of piperazine rings is 1. The Hall–Kier alpha value is -2.28. The number of carbonyl (C=O) groups is 1. The second kappa shape index (κ2) is 7.09. The Bertz CT molecular complexity index is 693. The predicted molar refractivity (Wildman–Crippen MR) is 93.3 cm³/mol. The molecule has 1 aliphatic rings. The average molecular weight is 349 g/mol. The maximum absolute atomic E-state index is 12.4. The van der Waals surface area contributed by atoms with Crippen LogP contribution in [0, 0.1) is 6.92 Å². The van der Waals surface area contributed by atoms with Crippen LogP contribution in [0.4, 0.5) is 10.6 Å². The maximum atomic E-state index is 12.4. The number of hydrogen-bond donors (Lipinski definition) is 2. The van der Waals surface area contributed by atoms with Gasteiger partial charge in [-0.15, -0.1) is 0 Å². The van der Waals surface area contributed by atoms with Gasteiger partial charge in [0.1, 0.15) is 11.6 Å². The number of anilines is 1. The van der Waals surface area contributed by atoms with Crippen LogP contribution in [-0.4, -0.2) is 52.1 Å². The Kier molecular flexibility index (Phi) is 4.89. The number of carbonyl (C=O) groups excluding carboxylic acids is 1. The molecule has 1 fully saturated rings. The molecule has 2 aromatic rings. The van der Waals surface area contributed by atoms with Crippen molar-refractivity contribution >= 4 is 23.4 Å². The zero-order chi connectivity index (χ0) is 17.1. The third-order valence-electron chi connectivity index (χ3n) is 4.08. The van der Waals surface area contributed by atoms with Crippen LogP contribution in [0.5, 0.6) is 0 Å². The second-order valence-electron chi connectivity index (χ2n) is 5.93. The summed E-state index contributed by atoms with van der Waals surface area (Å²) in [4.78, 5) is 28.1. The Morgan fingerprint density at radius 3 is 2.58 bits per heavy atom. The van der Waals surface area contributed by atoms with Crippen LogP contribution in [0.2, 0.25) is 5.02 Å². The minimum Gasteiger partial charge on any atom is -0.353 e. The normalized spacial score (nSPS) is 16.1. The Morgan fingerprint density at radius 1 is 1.25 bits per heavy atom. The predicted octanol–water partition coefficient (Wildman–Crippen LogP) is 2.36. The van der Waals surface area contributed by atoms with Crippen LogP contribution in [-0.2, 0) is 0 Å². The number of aryl methyl sites for hydroxylation is 1. The molecule has 0 saturated carbocycles. The van der Waals surface area contributed by atoms with Crippen molar-refractivity contribution in [2.75, 3.05) is 31.1 Å². The monoisotopic (exact) mass is 348 g/mol. The molecule has 7 nitrogen and oxygen atoms in total. The van der Waals surface area contributed by atoms with Gasteiger partial charge in [-0.1, -0.05) is 11.6 Å². The fourth-order valence-corrected chi connectivity index (χ4v) is 2.80. The van der Waals surface area contributed by atoms with Crippen LogP contribution >= 0.6 is 11.6 Å². The van der Waals surface area contributed by atoms with E-state index in [4.69, 9.17) is 11.6 Å². The van der Waals surface area contributed by atoms with Gasteiger partial charge < -0.3 is 20.1 Å². The topological polar surface area (TPSA) is 77.2 Å². The van der Waals surface area contributed by atoms with Gasteiger partial charge in [0.15, 0.2) is 0 Å². The Labute approximate surface area is 146 Å². The molecule has 8 heteroatoms. The van der Waals surface area contributed by atoms with Crippen molar-refractivity contribution in [1.82, 2.24) is 25.2 Å². The SMILES string of the molecule is Cc1cnc([C@H](C)NC(=O)N2CCN(c3ccc(Cl)cn3)CC2)[nH]1. The molecule has 24 heavy (non-hydrogen) atoms. The molecule has 1 atom stereocenters. The summed E-state index contributed by atoms with van der Waals surface area (Å²) in [5.41, 5.74) is 0.982. The standard InChI is InChI=1S/C16H21ClN6O/c1-11-9-19-15(20-11)12(2)21-16(24)23-7-5-22(6-8-23)14-4-3-13(17)10-18-14/h3-4,9-10,12H,5-8H2,1-2H3,(H,19,20)(H,21,24)/t12-/m0/s1. The number of H-pyrrole nitrogens is 1. The number of aromatic nitrogens is 3. The molecule has 0 bridgehead atoms. The van der Waals surface area contributed by atoms with E-state index in [-0.39, 0.29) is 12.1 Å². The quantitative estimate of drug-likeness (QED) is 0.892. The number of hydrogen-bond acceptors (Lipinski definition) is 4. The largest absolute Gasteiger partial charge is 0.353 e. The average Bonchev–Trinajstić information content (AvgIpc) is 3.02. The number of imidazole rings is 1. The maximum Gasteiger partial charge on any atom is 0.318 e. The summed E-state index contributed by atoms with van der Waals surface area (Å²) in [6.45, 7) is 6.66. The molecule has 2 N–H and O–H groups in total. The molecule has 1 saturated heterocycles. The van der Waals surface area contributed by atoms with Gasteiger partial charge in [0.25, 0.3) is 0 Å². The molecule has 0 radical (unpaired) electrons. The van der Waals surface area contributed by atoms with Crippen LogP contribution in [0.15, 0.2) is 24.5 Å². The molecule has 3 heterocycles. The van der Waals surface area contributed by atoms with Gasteiger partial charge in [-0.3, -0.25) is 0 Å². The molecule has 2 amide bonds. The minimum atomic E-state index is -0.151. The van der Waals surface area contributed by atoms with Crippen LogP contribution in [0.1, 0.15) is 24.5 Å². The first-order chi connectivity index (χ1) is 11.5. The van der Waals surface area contributed by atoms with Crippen molar-refractivity contribution in [3.05, 3.63) is 41.1 Å². The molecular weight excluding hydrogens is 328 g/mol. The van der Waals surface area contributed by atoms with Gasteiger partial charge in [0.05, 0.1) is 11.1 Å². The highest BCUT2D eigenvalue weighted by Crippen LogP contribution is 2.16. The van der Waals surface area contributed by atoms with Crippen LogP contribution in [0.25, 0.3) is 0 Å². The van der Waals surface area contributed by atoms with Gasteiger partial charge in [-0.05, 0) is 26.0 Å². The number of amides is 2. The van der Waals surface area contributed by atoms with Crippen molar-refractivity contribution < 1.29 is 4.79 Å².